The summed E-state index contributed by atoms with van der Waals surface area (Å²) in [6.45, 7) is 7.03. The van der Waals surface area contributed by atoms with Crippen molar-refractivity contribution in [2.24, 2.45) is 46.3 Å². The van der Waals surface area contributed by atoms with E-state index in [0.717, 1.165) is 62.0 Å². The van der Waals surface area contributed by atoms with Crippen LogP contribution in [0.15, 0.2) is 0 Å². The molecule has 0 aliphatic heterocycles. The van der Waals surface area contributed by atoms with Gasteiger partial charge in [-0.3, -0.25) is 0 Å². The zero-order valence-electron chi connectivity index (χ0n) is 20.1. The third-order valence-electron chi connectivity index (χ3n) is 10.7. The minimum absolute atomic E-state index is 0.127. The van der Waals surface area contributed by atoms with E-state index in [4.69, 9.17) is 5.11 Å². The molecule has 4 fully saturated rings. The van der Waals surface area contributed by atoms with Crippen LogP contribution in [0, 0.1) is 46.3 Å². The molecule has 6 heteroatoms. The second kappa shape index (κ2) is 9.49. The molecule has 184 valence electrons. The van der Waals surface area contributed by atoms with Crippen LogP contribution >= 0.6 is 0 Å². The first-order valence-corrected chi connectivity index (χ1v) is 15.3. The Hall–Kier alpha value is -0.131. The molecular formula is C26H44O5Se. The SMILES string of the molecule is C[C@H](CC[Se]CCC(=O)O)[C@H]1CC[C@H]2[C@@H]3[C@H](O)C[C@@H]4C[C@H](O)CC[C@]4(C)[C@H]3C[C@H](O)[C@]12C. The fourth-order valence-electron chi connectivity index (χ4n) is 8.86. The molecule has 0 aromatic rings. The van der Waals surface area contributed by atoms with E-state index in [0.29, 0.717) is 44.5 Å². The maximum atomic E-state index is 11.6. The number of rotatable bonds is 7. The van der Waals surface area contributed by atoms with Gasteiger partial charge in [-0.15, -0.1) is 0 Å². The first-order valence-electron chi connectivity index (χ1n) is 12.9. The van der Waals surface area contributed by atoms with Crippen LogP contribution in [0.5, 0.6) is 0 Å². The molecule has 32 heavy (non-hydrogen) atoms. The van der Waals surface area contributed by atoms with E-state index in [1.54, 1.807) is 0 Å². The molecule has 0 heterocycles. The van der Waals surface area contributed by atoms with Gasteiger partial charge in [-0.05, 0) is 0 Å². The van der Waals surface area contributed by atoms with Gasteiger partial charge < -0.3 is 5.11 Å². The number of carbonyl (C=O) groups is 1. The standard InChI is InChI=1S/C26H44O5Se/c1-15(7-10-32-11-8-23(30)31)18-4-5-19-24-20(14-22(29)26(18,19)3)25(2)9-6-17(27)12-16(25)13-21(24)28/h15-22,24,27-29H,4-14H2,1-3H3,(H,30,31)/t15-,16+,17-,18-,19+,20+,21-,22+,24+,25+,26-/m1/s1. The van der Waals surface area contributed by atoms with Gasteiger partial charge >= 0.3 is 195 Å². The number of aliphatic hydroxyl groups excluding tert-OH is 3. The maximum absolute atomic E-state index is 11.6. The van der Waals surface area contributed by atoms with Gasteiger partial charge in [0.2, 0.25) is 0 Å². The molecule has 0 aromatic heterocycles. The van der Waals surface area contributed by atoms with E-state index < -0.39 is 5.97 Å². The summed E-state index contributed by atoms with van der Waals surface area (Å²) in [5, 5.41) is 44.0. The quantitative estimate of drug-likeness (QED) is 0.304. The van der Waals surface area contributed by atoms with Crippen LogP contribution < -0.4 is 0 Å². The fourth-order valence-corrected chi connectivity index (χ4v) is 11.1. The molecule has 4 rings (SSSR count). The minimum atomic E-state index is -0.694. The van der Waals surface area contributed by atoms with Gasteiger partial charge in [0.25, 0.3) is 0 Å². The van der Waals surface area contributed by atoms with Crippen LogP contribution in [-0.2, 0) is 4.79 Å². The summed E-state index contributed by atoms with van der Waals surface area (Å²) in [5.74, 6) is 1.67. The Morgan fingerprint density at radius 1 is 1.03 bits per heavy atom. The Balaban J connectivity index is 1.47. The Labute approximate surface area is 199 Å². The molecular weight excluding hydrogens is 471 g/mol. The van der Waals surface area contributed by atoms with Crippen LogP contribution in [0.3, 0.4) is 0 Å². The van der Waals surface area contributed by atoms with E-state index in [1.807, 2.05) is 0 Å². The Morgan fingerprint density at radius 3 is 2.50 bits per heavy atom. The van der Waals surface area contributed by atoms with E-state index >= 15 is 0 Å². The van der Waals surface area contributed by atoms with Crippen molar-refractivity contribution >= 4 is 20.9 Å². The summed E-state index contributed by atoms with van der Waals surface area (Å²) < 4.78 is 0. The number of carboxylic acids is 1. The van der Waals surface area contributed by atoms with Gasteiger partial charge in [-0.2, -0.15) is 0 Å². The molecule has 4 saturated carbocycles. The zero-order valence-corrected chi connectivity index (χ0v) is 21.8. The molecule has 4 N–H and O–H groups in total. The van der Waals surface area contributed by atoms with Crippen molar-refractivity contribution < 1.29 is 25.2 Å². The number of aliphatic hydroxyl groups is 3. The van der Waals surface area contributed by atoms with Gasteiger partial charge in [0.1, 0.15) is 0 Å². The average Bonchev–Trinajstić information content (AvgIpc) is 3.08. The van der Waals surface area contributed by atoms with Crippen molar-refractivity contribution in [2.75, 3.05) is 0 Å². The van der Waals surface area contributed by atoms with Crippen LogP contribution in [0.2, 0.25) is 10.6 Å². The van der Waals surface area contributed by atoms with Crippen molar-refractivity contribution in [2.45, 2.75) is 108 Å². The predicted molar refractivity (Wildman–Crippen MR) is 125 cm³/mol. The van der Waals surface area contributed by atoms with E-state index in [9.17, 15) is 20.1 Å². The Morgan fingerprint density at radius 2 is 1.78 bits per heavy atom. The molecule has 11 atom stereocenters. The second-order valence-corrected chi connectivity index (χ2v) is 14.6. The van der Waals surface area contributed by atoms with Crippen LogP contribution in [0.25, 0.3) is 0 Å². The zero-order chi connectivity index (χ0) is 23.3. The monoisotopic (exact) mass is 516 g/mol. The number of hydrogen-bond acceptors (Lipinski definition) is 4. The number of hydrogen-bond donors (Lipinski definition) is 4. The van der Waals surface area contributed by atoms with Crippen LogP contribution in [-0.4, -0.2) is 59.7 Å². The topological polar surface area (TPSA) is 98.0 Å². The first-order chi connectivity index (χ1) is 15.1. The Bertz CT molecular complexity index is 687. The molecule has 0 aromatic carbocycles. The molecule has 0 amide bonds. The van der Waals surface area contributed by atoms with Gasteiger partial charge in [-0.25, -0.2) is 0 Å². The number of fused-ring (bicyclic) bond motifs is 5. The van der Waals surface area contributed by atoms with E-state index in [-0.39, 0.29) is 41.5 Å². The normalized spacial score (nSPS) is 49.1. The number of aliphatic carboxylic acids is 1. The molecule has 5 nitrogen and oxygen atoms in total. The van der Waals surface area contributed by atoms with Crippen LogP contribution in [0.4, 0.5) is 0 Å². The fraction of sp³-hybridized carbons (Fsp3) is 0.962. The van der Waals surface area contributed by atoms with Gasteiger partial charge in [0.05, 0.1) is 0 Å². The average molecular weight is 516 g/mol. The third-order valence-corrected chi connectivity index (χ3v) is 12.8. The number of carboxylic acid groups (broad SMARTS) is 1. The summed E-state index contributed by atoms with van der Waals surface area (Å²) in [6, 6.07) is 0. The van der Waals surface area contributed by atoms with E-state index in [2.05, 4.69) is 20.8 Å². The van der Waals surface area contributed by atoms with Crippen molar-refractivity contribution in [1.29, 1.82) is 0 Å². The molecule has 0 saturated heterocycles. The summed E-state index contributed by atoms with van der Waals surface area (Å²) in [7, 11) is 0. The van der Waals surface area contributed by atoms with Gasteiger partial charge in [-0.1, -0.05) is 0 Å². The second-order valence-electron chi connectivity index (χ2n) is 12.0. The first kappa shape index (κ1) is 25.0. The molecule has 4 aliphatic rings. The van der Waals surface area contributed by atoms with Crippen LogP contribution in [0.1, 0.15) is 78.6 Å². The summed E-state index contributed by atoms with van der Waals surface area (Å²) in [4.78, 5) is 10.8. The summed E-state index contributed by atoms with van der Waals surface area (Å²) >= 11 is 0.385. The van der Waals surface area contributed by atoms with Crippen molar-refractivity contribution in [1.82, 2.24) is 0 Å². The van der Waals surface area contributed by atoms with Crippen molar-refractivity contribution in [3.05, 3.63) is 0 Å². The Kier molecular flexibility index (Phi) is 7.41. The summed E-state index contributed by atoms with van der Waals surface area (Å²) in [6.07, 6.45) is 7.06. The van der Waals surface area contributed by atoms with Crippen molar-refractivity contribution in [3.8, 4) is 0 Å². The molecule has 0 spiro atoms. The molecule has 4 aliphatic carbocycles. The molecule has 0 radical (unpaired) electrons. The molecule has 0 bridgehead atoms. The third kappa shape index (κ3) is 4.21. The molecule has 0 unspecified atom stereocenters. The van der Waals surface area contributed by atoms with Crippen molar-refractivity contribution in [3.63, 3.8) is 0 Å². The van der Waals surface area contributed by atoms with E-state index in [1.165, 1.54) is 0 Å². The summed E-state index contributed by atoms with van der Waals surface area (Å²) in [5.41, 5.74) is -0.00515. The predicted octanol–water partition coefficient (Wildman–Crippen LogP) is 3.99. The van der Waals surface area contributed by atoms with Gasteiger partial charge in [0.15, 0.2) is 0 Å². The van der Waals surface area contributed by atoms with Gasteiger partial charge in [0, 0.05) is 0 Å².